The lowest BCUT2D eigenvalue weighted by molar-refractivity contribution is -0.0946. The van der Waals surface area contributed by atoms with Gasteiger partial charge in [-0.25, -0.2) is 0 Å². The van der Waals surface area contributed by atoms with Crippen LogP contribution in [0.15, 0.2) is 29.2 Å². The van der Waals surface area contributed by atoms with Gasteiger partial charge >= 0.3 is 10.1 Å². The molecule has 0 spiro atoms. The minimum atomic E-state index is -3.72. The van der Waals surface area contributed by atoms with E-state index in [2.05, 4.69) is 0 Å². The summed E-state index contributed by atoms with van der Waals surface area (Å²) in [5.74, 6) is 0. The molecule has 19 heavy (non-hydrogen) atoms. The molecule has 1 aromatic carbocycles. The highest BCUT2D eigenvalue weighted by Gasteiger charge is 2.25. The number of benzene rings is 1. The van der Waals surface area contributed by atoms with E-state index >= 15 is 0 Å². The Morgan fingerprint density at radius 2 is 1.74 bits per heavy atom. The third kappa shape index (κ3) is 3.76. The molecule has 0 aliphatic carbocycles. The molecule has 106 valence electrons. The van der Waals surface area contributed by atoms with Gasteiger partial charge in [0.05, 0.1) is 11.0 Å². The molecule has 6 heteroatoms. The molecule has 1 heterocycles. The lowest BCUT2D eigenvalue weighted by Crippen LogP contribution is -2.38. The zero-order valence-electron chi connectivity index (χ0n) is 11.2. The minimum Gasteiger partial charge on any atom is -0.381 e. The summed E-state index contributed by atoms with van der Waals surface area (Å²) in [5, 5.41) is 1.49. The predicted molar refractivity (Wildman–Crippen MR) is 71.1 cm³/mol. The molecular formula is C13H19NO4S. The first-order chi connectivity index (χ1) is 9.01. The van der Waals surface area contributed by atoms with Crippen LogP contribution in [0, 0.1) is 6.92 Å². The van der Waals surface area contributed by atoms with Crippen LogP contribution < -0.4 is 0 Å². The first-order valence-corrected chi connectivity index (χ1v) is 7.71. The molecule has 0 amide bonds. The summed E-state index contributed by atoms with van der Waals surface area (Å²) in [5.41, 5.74) is 1.01. The van der Waals surface area contributed by atoms with Crippen molar-refractivity contribution in [2.24, 2.45) is 0 Å². The van der Waals surface area contributed by atoms with Gasteiger partial charge in [-0.15, -0.1) is 0 Å². The summed E-state index contributed by atoms with van der Waals surface area (Å²) >= 11 is 0. The van der Waals surface area contributed by atoms with Crippen molar-refractivity contribution in [1.29, 1.82) is 0 Å². The third-order valence-electron chi connectivity index (χ3n) is 3.25. The molecule has 0 N–H and O–H groups in total. The topological polar surface area (TPSA) is 55.8 Å². The normalized spacial score (nSPS) is 18.6. The quantitative estimate of drug-likeness (QED) is 0.843. The lowest BCUT2D eigenvalue weighted by atomic mass is 10.1. The first kappa shape index (κ1) is 14.5. The Morgan fingerprint density at radius 1 is 1.16 bits per heavy atom. The smallest absolute Gasteiger partial charge is 0.313 e. The maximum absolute atomic E-state index is 12.1. The first-order valence-electron chi connectivity index (χ1n) is 6.30. The second-order valence-electron chi connectivity index (χ2n) is 4.71. The van der Waals surface area contributed by atoms with E-state index in [-0.39, 0.29) is 11.0 Å². The highest BCUT2D eigenvalue weighted by atomic mass is 32.2. The van der Waals surface area contributed by atoms with Gasteiger partial charge in [0.15, 0.2) is 0 Å². The second-order valence-corrected chi connectivity index (χ2v) is 6.23. The van der Waals surface area contributed by atoms with E-state index in [1.165, 1.54) is 5.06 Å². The monoisotopic (exact) mass is 285 g/mol. The van der Waals surface area contributed by atoms with Gasteiger partial charge in [0.1, 0.15) is 0 Å². The van der Waals surface area contributed by atoms with Crippen molar-refractivity contribution in [1.82, 2.24) is 5.06 Å². The number of hydroxylamine groups is 2. The number of methoxy groups -OCH3 is 1. The maximum Gasteiger partial charge on any atom is 0.313 e. The molecule has 1 saturated heterocycles. The summed E-state index contributed by atoms with van der Waals surface area (Å²) in [6.07, 6.45) is 1.75. The van der Waals surface area contributed by atoms with Crippen LogP contribution in [0.1, 0.15) is 18.4 Å². The van der Waals surface area contributed by atoms with Crippen LogP contribution in [0.25, 0.3) is 0 Å². The van der Waals surface area contributed by atoms with Crippen LogP contribution in [0.5, 0.6) is 0 Å². The standard InChI is InChI=1S/C13H19NO4S/c1-11-3-5-13(6-4-11)19(15,16)18-14-9-7-12(17-2)8-10-14/h3-6,12H,7-10H2,1-2H3. The molecule has 5 nitrogen and oxygen atoms in total. The Balaban J connectivity index is 2.00. The van der Waals surface area contributed by atoms with Gasteiger partial charge in [0, 0.05) is 20.2 Å². The molecule has 0 unspecified atom stereocenters. The Kier molecular flexibility index (Phi) is 4.57. The molecule has 1 aliphatic heterocycles. The van der Waals surface area contributed by atoms with Crippen LogP contribution in [-0.2, 0) is 19.1 Å². The number of rotatable bonds is 4. The molecule has 1 fully saturated rings. The lowest BCUT2D eigenvalue weighted by Gasteiger charge is -2.29. The molecule has 0 saturated carbocycles. The van der Waals surface area contributed by atoms with Crippen LogP contribution in [0.3, 0.4) is 0 Å². The number of hydrogen-bond acceptors (Lipinski definition) is 5. The van der Waals surface area contributed by atoms with Crippen LogP contribution in [-0.4, -0.2) is 39.8 Å². The molecule has 0 bridgehead atoms. The molecule has 0 atom stereocenters. The fourth-order valence-electron chi connectivity index (χ4n) is 2.03. The van der Waals surface area contributed by atoms with Crippen molar-refractivity contribution in [2.45, 2.75) is 30.8 Å². The average Bonchev–Trinajstić information content (AvgIpc) is 2.40. The van der Waals surface area contributed by atoms with Gasteiger partial charge in [-0.2, -0.15) is 17.8 Å². The van der Waals surface area contributed by atoms with Crippen molar-refractivity contribution in [3.05, 3.63) is 29.8 Å². The maximum atomic E-state index is 12.1. The van der Waals surface area contributed by atoms with E-state index < -0.39 is 10.1 Å². The number of hydrogen-bond donors (Lipinski definition) is 0. The predicted octanol–water partition coefficient (Wildman–Crippen LogP) is 1.73. The zero-order valence-corrected chi connectivity index (χ0v) is 12.0. The zero-order chi connectivity index (χ0) is 13.9. The van der Waals surface area contributed by atoms with Gasteiger partial charge in [0.25, 0.3) is 0 Å². The molecule has 2 rings (SSSR count). The average molecular weight is 285 g/mol. The van der Waals surface area contributed by atoms with Crippen molar-refractivity contribution < 1.29 is 17.4 Å². The van der Waals surface area contributed by atoms with Gasteiger partial charge < -0.3 is 4.74 Å². The van der Waals surface area contributed by atoms with Gasteiger partial charge in [-0.3, -0.25) is 0 Å². The Labute approximate surface area is 114 Å². The van der Waals surface area contributed by atoms with Crippen LogP contribution in [0.4, 0.5) is 0 Å². The van der Waals surface area contributed by atoms with Crippen molar-refractivity contribution in [3.8, 4) is 0 Å². The third-order valence-corrected chi connectivity index (χ3v) is 4.50. The fraction of sp³-hybridized carbons (Fsp3) is 0.538. The number of aryl methyl sites for hydroxylation is 1. The Bertz CT molecular complexity index is 504. The molecule has 1 aliphatic rings. The van der Waals surface area contributed by atoms with Crippen LogP contribution >= 0.6 is 0 Å². The number of nitrogens with zero attached hydrogens (tertiary/aromatic N) is 1. The van der Waals surface area contributed by atoms with E-state index in [0.717, 1.165) is 18.4 Å². The van der Waals surface area contributed by atoms with Crippen molar-refractivity contribution >= 4 is 10.1 Å². The SMILES string of the molecule is COC1CCN(OS(=O)(=O)c2ccc(C)cc2)CC1. The van der Waals surface area contributed by atoms with E-state index in [0.29, 0.717) is 13.1 Å². The highest BCUT2D eigenvalue weighted by Crippen LogP contribution is 2.19. The fourth-order valence-corrected chi connectivity index (χ4v) is 3.01. The number of piperidine rings is 1. The largest absolute Gasteiger partial charge is 0.381 e. The highest BCUT2D eigenvalue weighted by molar-refractivity contribution is 7.86. The molecule has 0 aromatic heterocycles. The van der Waals surface area contributed by atoms with Crippen molar-refractivity contribution in [3.63, 3.8) is 0 Å². The van der Waals surface area contributed by atoms with E-state index in [1.54, 1.807) is 31.4 Å². The van der Waals surface area contributed by atoms with E-state index in [9.17, 15) is 8.42 Å². The molecular weight excluding hydrogens is 266 g/mol. The van der Waals surface area contributed by atoms with E-state index in [1.807, 2.05) is 6.92 Å². The molecule has 1 aromatic rings. The molecule has 0 radical (unpaired) electrons. The Morgan fingerprint density at radius 3 is 2.26 bits per heavy atom. The summed E-state index contributed by atoms with van der Waals surface area (Å²) in [6.45, 7) is 3.03. The summed E-state index contributed by atoms with van der Waals surface area (Å²) in [7, 11) is -2.04. The second kappa shape index (κ2) is 6.00. The van der Waals surface area contributed by atoms with Gasteiger partial charge in [-0.05, 0) is 31.9 Å². The van der Waals surface area contributed by atoms with E-state index in [4.69, 9.17) is 9.02 Å². The summed E-state index contributed by atoms with van der Waals surface area (Å²) in [4.78, 5) is 0.187. The van der Waals surface area contributed by atoms with Gasteiger partial charge in [0.2, 0.25) is 0 Å². The van der Waals surface area contributed by atoms with Gasteiger partial charge in [-0.1, -0.05) is 17.7 Å². The minimum absolute atomic E-state index is 0.187. The summed E-state index contributed by atoms with van der Waals surface area (Å²) < 4.78 is 34.5. The van der Waals surface area contributed by atoms with Crippen molar-refractivity contribution in [2.75, 3.05) is 20.2 Å². The number of ether oxygens (including phenoxy) is 1. The Hall–Kier alpha value is -0.950. The summed E-state index contributed by atoms with van der Waals surface area (Å²) in [6, 6.07) is 6.64. The van der Waals surface area contributed by atoms with Crippen LogP contribution in [0.2, 0.25) is 0 Å².